The quantitative estimate of drug-likeness (QED) is 0.712. The first-order chi connectivity index (χ1) is 12.6. The van der Waals surface area contributed by atoms with Crippen LogP contribution in [-0.4, -0.2) is 21.0 Å². The molecule has 0 aliphatic rings. The van der Waals surface area contributed by atoms with Gasteiger partial charge in [-0.2, -0.15) is 0 Å². The van der Waals surface area contributed by atoms with E-state index >= 15 is 0 Å². The third-order valence-electron chi connectivity index (χ3n) is 4.28. The van der Waals surface area contributed by atoms with E-state index in [9.17, 15) is 9.90 Å². The van der Waals surface area contributed by atoms with Crippen molar-refractivity contribution in [2.45, 2.75) is 20.3 Å². The maximum atomic E-state index is 12.3. The average Bonchev–Trinajstić information content (AvgIpc) is 2.69. The number of aromatic nitrogens is 2. The molecule has 0 aliphatic heterocycles. The van der Waals surface area contributed by atoms with Crippen LogP contribution >= 0.6 is 0 Å². The summed E-state index contributed by atoms with van der Waals surface area (Å²) >= 11 is 0. The maximum Gasteiger partial charge on any atom is 0.228 e. The monoisotopic (exact) mass is 347 g/mol. The number of anilines is 1. The minimum Gasteiger partial charge on any atom is -0.508 e. The van der Waals surface area contributed by atoms with Crippen molar-refractivity contribution in [3.05, 3.63) is 60.8 Å². The van der Waals surface area contributed by atoms with Gasteiger partial charge in [-0.05, 0) is 30.7 Å². The van der Waals surface area contributed by atoms with Gasteiger partial charge in [-0.15, -0.1) is 0 Å². The molecular weight excluding hydrogens is 326 g/mol. The number of benzene rings is 2. The summed E-state index contributed by atoms with van der Waals surface area (Å²) in [5.41, 5.74) is 3.01. The SMILES string of the molecule is CCC(C)C(=O)Nc1ncc(-c2ccc(O)cc2)nc1-c1ccccc1. The summed E-state index contributed by atoms with van der Waals surface area (Å²) in [6.45, 7) is 3.86. The van der Waals surface area contributed by atoms with Crippen LogP contribution in [0.5, 0.6) is 5.75 Å². The Kier molecular flexibility index (Phi) is 5.27. The van der Waals surface area contributed by atoms with Crippen LogP contribution in [0.15, 0.2) is 60.8 Å². The lowest BCUT2D eigenvalue weighted by atomic mass is 10.1. The predicted molar refractivity (Wildman–Crippen MR) is 103 cm³/mol. The fourth-order valence-corrected chi connectivity index (χ4v) is 2.47. The van der Waals surface area contributed by atoms with E-state index in [-0.39, 0.29) is 17.6 Å². The number of phenolic OH excluding ortho intramolecular Hbond substituents is 1. The van der Waals surface area contributed by atoms with Gasteiger partial charge in [0.1, 0.15) is 11.4 Å². The number of rotatable bonds is 5. The van der Waals surface area contributed by atoms with Gasteiger partial charge in [-0.25, -0.2) is 9.97 Å². The first-order valence-corrected chi connectivity index (χ1v) is 8.61. The van der Waals surface area contributed by atoms with E-state index in [1.54, 1.807) is 30.5 Å². The number of hydrogen-bond donors (Lipinski definition) is 2. The van der Waals surface area contributed by atoms with Crippen molar-refractivity contribution < 1.29 is 9.90 Å². The summed E-state index contributed by atoms with van der Waals surface area (Å²) < 4.78 is 0. The van der Waals surface area contributed by atoms with E-state index in [1.807, 2.05) is 44.2 Å². The fraction of sp³-hybridized carbons (Fsp3) is 0.190. The normalized spacial score (nSPS) is 11.8. The zero-order chi connectivity index (χ0) is 18.5. The zero-order valence-electron chi connectivity index (χ0n) is 14.8. The third kappa shape index (κ3) is 3.88. The Hall–Kier alpha value is -3.21. The molecule has 2 N–H and O–H groups in total. The van der Waals surface area contributed by atoms with Crippen LogP contribution in [0.3, 0.4) is 0 Å². The Balaban J connectivity index is 2.04. The van der Waals surface area contributed by atoms with Gasteiger partial charge in [-0.3, -0.25) is 4.79 Å². The van der Waals surface area contributed by atoms with E-state index in [2.05, 4.69) is 10.3 Å². The molecule has 132 valence electrons. The summed E-state index contributed by atoms with van der Waals surface area (Å²) in [5.74, 6) is 0.472. The van der Waals surface area contributed by atoms with Gasteiger partial charge in [0.2, 0.25) is 5.91 Å². The summed E-state index contributed by atoms with van der Waals surface area (Å²) in [5, 5.41) is 12.4. The van der Waals surface area contributed by atoms with Crippen LogP contribution in [0.1, 0.15) is 20.3 Å². The lowest BCUT2D eigenvalue weighted by Gasteiger charge is -2.14. The summed E-state index contributed by atoms with van der Waals surface area (Å²) in [6.07, 6.45) is 2.39. The number of hydrogen-bond acceptors (Lipinski definition) is 4. The molecule has 0 spiro atoms. The molecule has 1 atom stereocenters. The van der Waals surface area contributed by atoms with Crippen molar-refractivity contribution >= 4 is 11.7 Å². The standard InChI is InChI=1S/C21H21N3O2/c1-3-14(2)21(26)24-20-19(16-7-5-4-6-8-16)23-18(13-22-20)15-9-11-17(25)12-10-15/h4-14,25H,3H2,1-2H3,(H,22,24,26). The van der Waals surface area contributed by atoms with Gasteiger partial charge in [0, 0.05) is 17.0 Å². The minimum atomic E-state index is -0.0998. The number of aromatic hydroxyl groups is 1. The summed E-state index contributed by atoms with van der Waals surface area (Å²) in [7, 11) is 0. The number of nitrogens with one attached hydrogen (secondary N) is 1. The van der Waals surface area contributed by atoms with E-state index in [1.165, 1.54) is 0 Å². The largest absolute Gasteiger partial charge is 0.508 e. The average molecular weight is 347 g/mol. The molecule has 2 aromatic carbocycles. The summed E-state index contributed by atoms with van der Waals surface area (Å²) in [6, 6.07) is 16.4. The predicted octanol–water partition coefficient (Wildman–Crippen LogP) is 4.50. The smallest absolute Gasteiger partial charge is 0.228 e. The van der Waals surface area contributed by atoms with Crippen LogP contribution in [-0.2, 0) is 4.79 Å². The molecule has 5 heteroatoms. The molecule has 3 rings (SSSR count). The van der Waals surface area contributed by atoms with Crippen LogP contribution in [0.25, 0.3) is 22.5 Å². The Labute approximate surface area is 152 Å². The van der Waals surface area contributed by atoms with E-state index in [0.29, 0.717) is 17.2 Å². The molecule has 0 saturated heterocycles. The molecule has 0 saturated carbocycles. The van der Waals surface area contributed by atoms with E-state index in [4.69, 9.17) is 4.98 Å². The van der Waals surface area contributed by atoms with Gasteiger partial charge >= 0.3 is 0 Å². The van der Waals surface area contributed by atoms with Crippen molar-refractivity contribution in [1.29, 1.82) is 0 Å². The van der Waals surface area contributed by atoms with Gasteiger partial charge in [0.15, 0.2) is 5.82 Å². The third-order valence-corrected chi connectivity index (χ3v) is 4.28. The van der Waals surface area contributed by atoms with Crippen molar-refractivity contribution in [3.8, 4) is 28.3 Å². The topological polar surface area (TPSA) is 75.1 Å². The second-order valence-electron chi connectivity index (χ2n) is 6.16. The first kappa shape index (κ1) is 17.6. The van der Waals surface area contributed by atoms with Gasteiger partial charge in [-0.1, -0.05) is 44.2 Å². The van der Waals surface area contributed by atoms with E-state index < -0.39 is 0 Å². The second-order valence-corrected chi connectivity index (χ2v) is 6.16. The van der Waals surface area contributed by atoms with Gasteiger partial charge in [0.05, 0.1) is 11.9 Å². The first-order valence-electron chi connectivity index (χ1n) is 8.61. The Morgan fingerprint density at radius 1 is 1.08 bits per heavy atom. The molecule has 5 nitrogen and oxygen atoms in total. The van der Waals surface area contributed by atoms with Crippen LogP contribution in [0.4, 0.5) is 5.82 Å². The van der Waals surface area contributed by atoms with E-state index in [0.717, 1.165) is 17.5 Å². The van der Waals surface area contributed by atoms with Crippen LogP contribution < -0.4 is 5.32 Å². The number of phenols is 1. The number of carbonyl (C=O) groups excluding carboxylic acids is 1. The highest BCUT2D eigenvalue weighted by Crippen LogP contribution is 2.28. The van der Waals surface area contributed by atoms with Gasteiger partial charge in [0.25, 0.3) is 0 Å². The zero-order valence-corrected chi connectivity index (χ0v) is 14.8. The number of nitrogens with zero attached hydrogens (tertiary/aromatic N) is 2. The maximum absolute atomic E-state index is 12.3. The Morgan fingerprint density at radius 2 is 1.77 bits per heavy atom. The highest BCUT2D eigenvalue weighted by atomic mass is 16.3. The number of amides is 1. The molecule has 0 bridgehead atoms. The van der Waals surface area contributed by atoms with Crippen molar-refractivity contribution in [1.82, 2.24) is 9.97 Å². The molecule has 1 heterocycles. The van der Waals surface area contributed by atoms with Crippen molar-refractivity contribution in [2.75, 3.05) is 5.32 Å². The summed E-state index contributed by atoms with van der Waals surface area (Å²) in [4.78, 5) is 21.5. The Morgan fingerprint density at radius 3 is 2.42 bits per heavy atom. The minimum absolute atomic E-state index is 0.0728. The van der Waals surface area contributed by atoms with Crippen molar-refractivity contribution in [2.24, 2.45) is 5.92 Å². The molecule has 3 aromatic rings. The molecule has 1 unspecified atom stereocenters. The van der Waals surface area contributed by atoms with Gasteiger partial charge < -0.3 is 10.4 Å². The van der Waals surface area contributed by atoms with Crippen molar-refractivity contribution in [3.63, 3.8) is 0 Å². The highest BCUT2D eigenvalue weighted by molar-refractivity contribution is 5.94. The molecule has 26 heavy (non-hydrogen) atoms. The highest BCUT2D eigenvalue weighted by Gasteiger charge is 2.16. The molecular formula is C21H21N3O2. The Bertz CT molecular complexity index is 893. The molecule has 1 aromatic heterocycles. The number of carbonyl (C=O) groups is 1. The fourth-order valence-electron chi connectivity index (χ4n) is 2.47. The molecule has 0 aliphatic carbocycles. The molecule has 0 radical (unpaired) electrons. The van der Waals surface area contributed by atoms with Crippen LogP contribution in [0.2, 0.25) is 0 Å². The lowest BCUT2D eigenvalue weighted by molar-refractivity contribution is -0.119. The molecule has 0 fully saturated rings. The lowest BCUT2D eigenvalue weighted by Crippen LogP contribution is -2.21. The second kappa shape index (κ2) is 7.78. The van der Waals surface area contributed by atoms with Crippen LogP contribution in [0, 0.1) is 5.92 Å². The molecule has 1 amide bonds.